The van der Waals surface area contributed by atoms with E-state index >= 15 is 0 Å². The van der Waals surface area contributed by atoms with Gasteiger partial charge >= 0.3 is 5.97 Å². The molecule has 0 bridgehead atoms. The molecule has 2 N–H and O–H groups in total. The minimum atomic E-state index is -0.792. The zero-order valence-corrected chi connectivity index (χ0v) is 17.9. The number of benzene rings is 1. The number of nitrogens with one attached hydrogen (secondary N) is 1. The lowest BCUT2D eigenvalue weighted by Gasteiger charge is -2.16. The molecule has 7 nitrogen and oxygen atoms in total. The summed E-state index contributed by atoms with van der Waals surface area (Å²) in [7, 11) is 0. The summed E-state index contributed by atoms with van der Waals surface area (Å²) in [5.41, 5.74) is 1.45. The summed E-state index contributed by atoms with van der Waals surface area (Å²) in [6.45, 7) is 3.49. The van der Waals surface area contributed by atoms with Gasteiger partial charge in [-0.3, -0.25) is 18.6 Å². The number of rotatable bonds is 11. The molecule has 0 aliphatic rings. The summed E-state index contributed by atoms with van der Waals surface area (Å²) in [6.07, 6.45) is 6.37. The van der Waals surface area contributed by atoms with Crippen molar-refractivity contribution in [3.63, 3.8) is 0 Å². The minimum Gasteiger partial charge on any atom is -0.481 e. The van der Waals surface area contributed by atoms with Crippen LogP contribution in [-0.4, -0.2) is 31.6 Å². The average Bonchev–Trinajstić information content (AvgIpc) is 3.16. The van der Waals surface area contributed by atoms with Crippen molar-refractivity contribution in [2.75, 3.05) is 11.9 Å². The molecule has 160 valence electrons. The van der Waals surface area contributed by atoms with Gasteiger partial charge in [0.15, 0.2) is 0 Å². The lowest BCUT2D eigenvalue weighted by Crippen LogP contribution is -2.21. The molecule has 0 unspecified atom stereocenters. The first-order valence-electron chi connectivity index (χ1n) is 10.3. The van der Waals surface area contributed by atoms with Crippen LogP contribution in [0, 0.1) is 0 Å². The van der Waals surface area contributed by atoms with Gasteiger partial charge in [-0.05, 0) is 31.4 Å². The molecule has 30 heavy (non-hydrogen) atoms. The monoisotopic (exact) mass is 430 g/mol. The Labute approximate surface area is 180 Å². The van der Waals surface area contributed by atoms with E-state index in [1.807, 2.05) is 16.7 Å². The maximum Gasteiger partial charge on any atom is 0.303 e. The van der Waals surface area contributed by atoms with Crippen LogP contribution in [0.3, 0.4) is 0 Å². The van der Waals surface area contributed by atoms with Crippen molar-refractivity contribution in [1.82, 2.24) is 14.0 Å². The Balaban J connectivity index is 1.92. The van der Waals surface area contributed by atoms with E-state index in [-0.39, 0.29) is 12.0 Å². The molecule has 0 fully saturated rings. The molecule has 0 atom stereocenters. The van der Waals surface area contributed by atoms with E-state index in [2.05, 4.69) is 12.2 Å². The first kappa shape index (κ1) is 21.9. The van der Waals surface area contributed by atoms with Crippen LogP contribution in [0.2, 0.25) is 5.02 Å². The van der Waals surface area contributed by atoms with E-state index in [1.165, 1.54) is 0 Å². The molecule has 0 amide bonds. The molecule has 2 heterocycles. The second-order valence-corrected chi connectivity index (χ2v) is 7.74. The predicted octanol–water partition coefficient (Wildman–Crippen LogP) is 4.67. The fraction of sp³-hybridized carbons (Fsp3) is 0.409. The van der Waals surface area contributed by atoms with Crippen LogP contribution in [0.15, 0.2) is 41.3 Å². The summed E-state index contributed by atoms with van der Waals surface area (Å²) in [6, 6.07) is 8.97. The number of aliphatic carboxylic acids is 1. The fourth-order valence-electron chi connectivity index (χ4n) is 3.36. The molecule has 0 radical (unpaired) electrons. The van der Waals surface area contributed by atoms with E-state index in [1.54, 1.807) is 28.8 Å². The molecule has 0 aliphatic heterocycles. The highest BCUT2D eigenvalue weighted by atomic mass is 35.5. The van der Waals surface area contributed by atoms with Gasteiger partial charge < -0.3 is 10.4 Å². The Morgan fingerprint density at radius 1 is 1.17 bits per heavy atom. The quantitative estimate of drug-likeness (QED) is 0.431. The molecule has 1 aromatic carbocycles. The summed E-state index contributed by atoms with van der Waals surface area (Å²) in [5.74, 6) is 0.517. The third-order valence-corrected chi connectivity index (χ3v) is 5.22. The highest BCUT2D eigenvalue weighted by molar-refractivity contribution is 6.30. The van der Waals surface area contributed by atoms with Crippen LogP contribution >= 0.6 is 11.6 Å². The van der Waals surface area contributed by atoms with Gasteiger partial charge in [-0.1, -0.05) is 43.5 Å². The first-order chi connectivity index (χ1) is 14.5. The van der Waals surface area contributed by atoms with Gasteiger partial charge in [-0.15, -0.1) is 0 Å². The van der Waals surface area contributed by atoms with Crippen LogP contribution in [0.25, 0.3) is 17.0 Å². The Kier molecular flexibility index (Phi) is 7.52. The van der Waals surface area contributed by atoms with E-state index in [9.17, 15) is 9.59 Å². The Morgan fingerprint density at radius 3 is 2.63 bits per heavy atom. The van der Waals surface area contributed by atoms with Crippen molar-refractivity contribution in [3.8, 4) is 11.3 Å². The molecule has 2 aromatic heterocycles. The number of aromatic nitrogens is 3. The maximum atomic E-state index is 12.7. The molecule has 3 aromatic rings. The number of carbonyl (C=O) groups is 1. The highest BCUT2D eigenvalue weighted by Crippen LogP contribution is 2.22. The molecule has 0 saturated heterocycles. The van der Waals surface area contributed by atoms with Crippen molar-refractivity contribution in [2.24, 2.45) is 0 Å². The molecular formula is C22H27ClN4O3. The van der Waals surface area contributed by atoms with Crippen molar-refractivity contribution < 1.29 is 9.90 Å². The minimum absolute atomic E-state index is 0.148. The standard InChI is InChI=1S/C22H27ClN4O3/c1-2-3-6-13-26-19(24-12-5-4-7-21(29)30)14-20(28)27-15-18(25-22(26)27)16-8-10-17(23)11-9-16/h8-11,14-15,24H,2-7,12-13H2,1H3,(H,29,30). The molecular weight excluding hydrogens is 404 g/mol. The van der Waals surface area contributed by atoms with Crippen LogP contribution in [0.5, 0.6) is 0 Å². The second kappa shape index (κ2) is 10.3. The number of hydrogen-bond donors (Lipinski definition) is 2. The van der Waals surface area contributed by atoms with Gasteiger partial charge in [-0.25, -0.2) is 4.98 Å². The van der Waals surface area contributed by atoms with E-state index in [0.717, 1.165) is 31.4 Å². The summed E-state index contributed by atoms with van der Waals surface area (Å²) in [5, 5.41) is 12.7. The topological polar surface area (TPSA) is 88.6 Å². The van der Waals surface area contributed by atoms with Gasteiger partial charge in [0.2, 0.25) is 5.78 Å². The number of aryl methyl sites for hydroxylation is 1. The maximum absolute atomic E-state index is 12.7. The normalized spacial score (nSPS) is 11.1. The predicted molar refractivity (Wildman–Crippen MR) is 119 cm³/mol. The SMILES string of the molecule is CCCCCn1c(NCCCCC(=O)O)cc(=O)n2cc(-c3ccc(Cl)cc3)nc12. The largest absolute Gasteiger partial charge is 0.481 e. The van der Waals surface area contributed by atoms with Gasteiger partial charge in [-0.2, -0.15) is 0 Å². The van der Waals surface area contributed by atoms with Crippen molar-refractivity contribution in [3.05, 3.63) is 51.9 Å². The number of unbranched alkanes of at least 4 members (excludes halogenated alkanes) is 3. The summed E-state index contributed by atoms with van der Waals surface area (Å²) >= 11 is 5.99. The zero-order valence-electron chi connectivity index (χ0n) is 17.1. The summed E-state index contributed by atoms with van der Waals surface area (Å²) in [4.78, 5) is 28.2. The Hall–Kier alpha value is -2.80. The van der Waals surface area contributed by atoms with E-state index in [4.69, 9.17) is 21.7 Å². The molecule has 8 heteroatoms. The molecule has 3 rings (SSSR count). The number of anilines is 1. The van der Waals surface area contributed by atoms with Crippen molar-refractivity contribution in [1.29, 1.82) is 0 Å². The van der Waals surface area contributed by atoms with Crippen LogP contribution in [0.1, 0.15) is 45.4 Å². The van der Waals surface area contributed by atoms with E-state index in [0.29, 0.717) is 41.7 Å². The van der Waals surface area contributed by atoms with Gasteiger partial charge in [0.05, 0.1) is 5.69 Å². The number of carboxylic acids is 1. The van der Waals surface area contributed by atoms with Gasteiger partial charge in [0.25, 0.3) is 5.56 Å². The van der Waals surface area contributed by atoms with Crippen molar-refractivity contribution in [2.45, 2.75) is 52.0 Å². The number of fused-ring (bicyclic) bond motifs is 1. The zero-order chi connectivity index (χ0) is 21.5. The Bertz CT molecular complexity index is 1060. The number of carboxylic acid groups (broad SMARTS) is 1. The average molecular weight is 431 g/mol. The molecule has 0 saturated carbocycles. The lowest BCUT2D eigenvalue weighted by molar-refractivity contribution is -0.137. The number of nitrogens with zero attached hydrogens (tertiary/aromatic N) is 3. The first-order valence-corrected chi connectivity index (χ1v) is 10.7. The number of hydrogen-bond acceptors (Lipinski definition) is 4. The number of imidazole rings is 1. The summed E-state index contributed by atoms with van der Waals surface area (Å²) < 4.78 is 3.61. The van der Waals surface area contributed by atoms with Crippen LogP contribution in [0.4, 0.5) is 5.82 Å². The lowest BCUT2D eigenvalue weighted by atomic mass is 10.2. The van der Waals surface area contributed by atoms with E-state index < -0.39 is 5.97 Å². The third-order valence-electron chi connectivity index (χ3n) is 4.97. The Morgan fingerprint density at radius 2 is 1.93 bits per heavy atom. The fourth-order valence-corrected chi connectivity index (χ4v) is 3.49. The number of halogens is 1. The highest BCUT2D eigenvalue weighted by Gasteiger charge is 2.13. The molecule has 0 aliphatic carbocycles. The smallest absolute Gasteiger partial charge is 0.303 e. The van der Waals surface area contributed by atoms with Crippen molar-refractivity contribution >= 4 is 29.2 Å². The van der Waals surface area contributed by atoms with Crippen LogP contribution in [-0.2, 0) is 11.3 Å². The van der Waals surface area contributed by atoms with Gasteiger partial charge in [0, 0.05) is 42.4 Å². The second-order valence-electron chi connectivity index (χ2n) is 7.31. The molecule has 0 spiro atoms. The third kappa shape index (κ3) is 5.42. The van der Waals surface area contributed by atoms with Crippen LogP contribution < -0.4 is 10.9 Å². The van der Waals surface area contributed by atoms with Gasteiger partial charge in [0.1, 0.15) is 5.82 Å².